The first-order valence-corrected chi connectivity index (χ1v) is 15.7. The minimum Gasteiger partial charge on any atom is -0.135 e. The van der Waals surface area contributed by atoms with Crippen LogP contribution in [0.4, 0.5) is 0 Å². The van der Waals surface area contributed by atoms with Crippen molar-refractivity contribution >= 4 is 31.5 Å². The summed E-state index contributed by atoms with van der Waals surface area (Å²) in [7, 11) is 0. The standard InChI is InChI=1S/C41H30S/c1-25-12-10-19-35-38(25)29-24-26(27-14-11-21-37-39(27)28-13-4-9-20-36(28)42-37)22-23-30(29)41(35)33-17-7-5-15-31(33)40(2,3)32-16-6-8-18-34(32)41/h4-24H,1-3H3. The van der Waals surface area contributed by atoms with Crippen molar-refractivity contribution in [3.05, 3.63) is 166 Å². The van der Waals surface area contributed by atoms with E-state index in [1.165, 1.54) is 81.4 Å². The van der Waals surface area contributed by atoms with Crippen LogP contribution >= 0.6 is 11.3 Å². The molecule has 1 heterocycles. The van der Waals surface area contributed by atoms with E-state index < -0.39 is 0 Å². The number of rotatable bonds is 1. The summed E-state index contributed by atoms with van der Waals surface area (Å²) in [5.41, 5.74) is 14.7. The van der Waals surface area contributed by atoms with Gasteiger partial charge < -0.3 is 0 Å². The molecule has 9 rings (SSSR count). The molecule has 0 saturated heterocycles. The van der Waals surface area contributed by atoms with Crippen molar-refractivity contribution in [2.24, 2.45) is 0 Å². The molecule has 0 saturated carbocycles. The van der Waals surface area contributed by atoms with Gasteiger partial charge in [-0.05, 0) is 86.3 Å². The van der Waals surface area contributed by atoms with E-state index >= 15 is 0 Å². The lowest BCUT2D eigenvalue weighted by molar-refractivity contribution is 0.563. The quantitative estimate of drug-likeness (QED) is 0.189. The van der Waals surface area contributed by atoms with Crippen molar-refractivity contribution in [2.45, 2.75) is 31.6 Å². The monoisotopic (exact) mass is 554 g/mol. The van der Waals surface area contributed by atoms with E-state index in [0.717, 1.165) is 0 Å². The van der Waals surface area contributed by atoms with E-state index in [9.17, 15) is 0 Å². The van der Waals surface area contributed by atoms with Crippen LogP contribution in [0.25, 0.3) is 42.4 Å². The molecule has 1 spiro atoms. The largest absolute Gasteiger partial charge is 0.135 e. The van der Waals surface area contributed by atoms with Gasteiger partial charge in [-0.1, -0.05) is 123 Å². The maximum absolute atomic E-state index is 2.49. The van der Waals surface area contributed by atoms with Crippen LogP contribution in [0.5, 0.6) is 0 Å². The average Bonchev–Trinajstić information content (AvgIpc) is 3.55. The predicted molar refractivity (Wildman–Crippen MR) is 179 cm³/mol. The predicted octanol–water partition coefficient (Wildman–Crippen LogP) is 11.0. The highest BCUT2D eigenvalue weighted by atomic mass is 32.1. The third kappa shape index (κ3) is 2.87. The number of hydrogen-bond acceptors (Lipinski definition) is 1. The molecule has 0 atom stereocenters. The van der Waals surface area contributed by atoms with Crippen LogP contribution in [-0.2, 0) is 10.8 Å². The van der Waals surface area contributed by atoms with E-state index in [-0.39, 0.29) is 10.8 Å². The summed E-state index contributed by atoms with van der Waals surface area (Å²) in [6, 6.07) is 48.3. The lowest BCUT2D eigenvalue weighted by Crippen LogP contribution is -2.40. The number of benzene rings is 6. The average molecular weight is 555 g/mol. The maximum Gasteiger partial charge on any atom is 0.0719 e. The fourth-order valence-corrected chi connectivity index (χ4v) is 9.46. The molecule has 2 aliphatic rings. The molecule has 0 amide bonds. The first-order valence-electron chi connectivity index (χ1n) is 14.9. The molecule has 0 fully saturated rings. The molecule has 0 bridgehead atoms. The molecular formula is C41H30S. The summed E-state index contributed by atoms with van der Waals surface area (Å²) >= 11 is 1.89. The second-order valence-corrected chi connectivity index (χ2v) is 13.6. The van der Waals surface area contributed by atoms with Crippen LogP contribution in [0.1, 0.15) is 52.8 Å². The van der Waals surface area contributed by atoms with Gasteiger partial charge in [0.05, 0.1) is 5.41 Å². The molecular weight excluding hydrogens is 525 g/mol. The molecule has 1 heteroatoms. The second kappa shape index (κ2) is 8.31. The zero-order valence-corrected chi connectivity index (χ0v) is 24.8. The summed E-state index contributed by atoms with van der Waals surface area (Å²) in [5.74, 6) is 0. The molecule has 6 aromatic carbocycles. The van der Waals surface area contributed by atoms with E-state index in [2.05, 4.69) is 148 Å². The third-order valence-electron chi connectivity index (χ3n) is 10.1. The summed E-state index contributed by atoms with van der Waals surface area (Å²) < 4.78 is 2.69. The van der Waals surface area contributed by atoms with Gasteiger partial charge in [0.25, 0.3) is 0 Å². The zero-order chi connectivity index (χ0) is 28.2. The normalized spacial score (nSPS) is 15.4. The minimum atomic E-state index is -0.348. The fourth-order valence-electron chi connectivity index (χ4n) is 8.32. The van der Waals surface area contributed by atoms with Crippen LogP contribution in [-0.4, -0.2) is 0 Å². The van der Waals surface area contributed by atoms with E-state index in [4.69, 9.17) is 0 Å². The van der Waals surface area contributed by atoms with Gasteiger partial charge in [-0.15, -0.1) is 11.3 Å². The summed E-state index contributed by atoms with van der Waals surface area (Å²) in [5, 5.41) is 2.71. The molecule has 7 aromatic rings. The molecule has 2 aliphatic carbocycles. The van der Waals surface area contributed by atoms with Gasteiger partial charge in [0.1, 0.15) is 0 Å². The number of fused-ring (bicyclic) bond motifs is 12. The minimum absolute atomic E-state index is 0.0826. The Labute approximate surface area is 250 Å². The molecule has 0 aliphatic heterocycles. The Kier molecular flexibility index (Phi) is 4.78. The first kappa shape index (κ1) is 24.2. The Morgan fingerprint density at radius 1 is 0.500 bits per heavy atom. The molecule has 0 radical (unpaired) electrons. The highest BCUT2D eigenvalue weighted by Crippen LogP contribution is 2.63. The topological polar surface area (TPSA) is 0 Å². The SMILES string of the molecule is Cc1cccc2c1-c1cc(-c3cccc4sc5ccccc5c34)ccc1C21c2ccccc2C(C)(C)c2ccccc21. The van der Waals surface area contributed by atoms with Crippen molar-refractivity contribution in [3.63, 3.8) is 0 Å². The van der Waals surface area contributed by atoms with Crippen molar-refractivity contribution in [2.75, 3.05) is 0 Å². The lowest BCUT2D eigenvalue weighted by Gasteiger charge is -2.46. The van der Waals surface area contributed by atoms with Gasteiger partial charge in [0, 0.05) is 25.6 Å². The molecule has 0 nitrogen and oxygen atoms in total. The maximum atomic E-state index is 2.49. The number of thiophene rings is 1. The Balaban J connectivity index is 1.40. The zero-order valence-electron chi connectivity index (χ0n) is 24.0. The number of hydrogen-bond donors (Lipinski definition) is 0. The molecule has 0 unspecified atom stereocenters. The second-order valence-electron chi connectivity index (χ2n) is 12.5. The third-order valence-corrected chi connectivity index (χ3v) is 11.2. The summed E-state index contributed by atoms with van der Waals surface area (Å²) in [4.78, 5) is 0. The van der Waals surface area contributed by atoms with Crippen molar-refractivity contribution in [1.82, 2.24) is 0 Å². The summed E-state index contributed by atoms with van der Waals surface area (Å²) in [6.07, 6.45) is 0. The van der Waals surface area contributed by atoms with Crippen molar-refractivity contribution in [3.8, 4) is 22.3 Å². The van der Waals surface area contributed by atoms with Gasteiger partial charge in [0.15, 0.2) is 0 Å². The van der Waals surface area contributed by atoms with Crippen LogP contribution in [0.3, 0.4) is 0 Å². The van der Waals surface area contributed by atoms with E-state index in [0.29, 0.717) is 0 Å². The molecule has 0 N–H and O–H groups in total. The number of aryl methyl sites for hydroxylation is 1. The molecule has 1 aromatic heterocycles. The smallest absolute Gasteiger partial charge is 0.0719 e. The fraction of sp³-hybridized carbons (Fsp3) is 0.122. The van der Waals surface area contributed by atoms with Crippen LogP contribution < -0.4 is 0 Å². The Bertz CT molecular complexity index is 2190. The van der Waals surface area contributed by atoms with Gasteiger partial charge in [-0.2, -0.15) is 0 Å². The highest BCUT2D eigenvalue weighted by molar-refractivity contribution is 7.25. The van der Waals surface area contributed by atoms with Gasteiger partial charge in [0.2, 0.25) is 0 Å². The highest BCUT2D eigenvalue weighted by Gasteiger charge is 2.53. The Morgan fingerprint density at radius 2 is 1.12 bits per heavy atom. The molecule has 42 heavy (non-hydrogen) atoms. The van der Waals surface area contributed by atoms with Crippen LogP contribution in [0.2, 0.25) is 0 Å². The van der Waals surface area contributed by atoms with Crippen molar-refractivity contribution < 1.29 is 0 Å². The summed E-state index contributed by atoms with van der Waals surface area (Å²) in [6.45, 7) is 7.06. The van der Waals surface area contributed by atoms with Gasteiger partial charge in [-0.25, -0.2) is 0 Å². The van der Waals surface area contributed by atoms with Crippen LogP contribution in [0, 0.1) is 6.92 Å². The van der Waals surface area contributed by atoms with Gasteiger partial charge in [-0.3, -0.25) is 0 Å². The van der Waals surface area contributed by atoms with E-state index in [1.54, 1.807) is 0 Å². The lowest BCUT2D eigenvalue weighted by atomic mass is 9.55. The van der Waals surface area contributed by atoms with Crippen LogP contribution in [0.15, 0.2) is 127 Å². The van der Waals surface area contributed by atoms with Crippen molar-refractivity contribution in [1.29, 1.82) is 0 Å². The molecule has 200 valence electrons. The Hall–Kier alpha value is -4.46. The first-order chi connectivity index (χ1) is 20.5. The van der Waals surface area contributed by atoms with Gasteiger partial charge >= 0.3 is 0 Å². The van der Waals surface area contributed by atoms with E-state index in [1.807, 2.05) is 11.3 Å². The Morgan fingerprint density at radius 3 is 1.88 bits per heavy atom.